The summed E-state index contributed by atoms with van der Waals surface area (Å²) < 4.78 is 38.1. The maximum absolute atomic E-state index is 15.5. The average molecular weight is 479 g/mol. The minimum Gasteiger partial charge on any atom is -0.476 e. The van der Waals surface area contributed by atoms with E-state index < -0.39 is 29.5 Å². The first-order valence-electron chi connectivity index (χ1n) is 9.04. The zero-order chi connectivity index (χ0) is 20.4. The number of pyridine rings is 1. The van der Waals surface area contributed by atoms with Gasteiger partial charge in [-0.1, -0.05) is 70.0 Å². The van der Waals surface area contributed by atoms with Gasteiger partial charge in [-0.3, -0.25) is 4.98 Å². The molecule has 2 aliphatic rings. The summed E-state index contributed by atoms with van der Waals surface area (Å²) in [6.07, 6.45) is 0.532. The predicted octanol–water partition coefficient (Wildman–Crippen LogP) is 5.80. The third-order valence-corrected chi connectivity index (χ3v) is 6.56. The van der Waals surface area contributed by atoms with Crippen LogP contribution >= 0.6 is 27.5 Å². The van der Waals surface area contributed by atoms with Gasteiger partial charge in [-0.05, 0) is 23.3 Å². The monoisotopic (exact) mass is 477 g/mol. The van der Waals surface area contributed by atoms with Crippen molar-refractivity contribution in [3.05, 3.63) is 93.2 Å². The van der Waals surface area contributed by atoms with Gasteiger partial charge in [0.25, 0.3) is 5.92 Å². The van der Waals surface area contributed by atoms with Crippen molar-refractivity contribution in [2.45, 2.75) is 29.5 Å². The van der Waals surface area contributed by atoms with Gasteiger partial charge in [0.1, 0.15) is 11.4 Å². The highest BCUT2D eigenvalue weighted by atomic mass is 79.9. The molecule has 3 aromatic rings. The van der Waals surface area contributed by atoms with Crippen LogP contribution in [0.2, 0.25) is 5.02 Å². The van der Waals surface area contributed by atoms with E-state index >= 15 is 8.78 Å². The van der Waals surface area contributed by atoms with Crippen molar-refractivity contribution in [1.82, 2.24) is 4.98 Å². The van der Waals surface area contributed by atoms with Crippen molar-refractivity contribution in [2.24, 2.45) is 0 Å². The molecule has 2 unspecified atom stereocenters. The second-order valence-electron chi connectivity index (χ2n) is 7.49. The summed E-state index contributed by atoms with van der Waals surface area (Å²) in [5, 5.41) is 12.1. The molecule has 1 aliphatic carbocycles. The topological polar surface area (TPSA) is 42.4 Å². The molecule has 1 N–H and O–H groups in total. The summed E-state index contributed by atoms with van der Waals surface area (Å²) >= 11 is 9.45. The SMILES string of the molecule is OC12CC(F)(F)C(c3ccccc3)[C@]1(c1ccc(Br)cc1)Oc1cc(Cl)cnc12. The van der Waals surface area contributed by atoms with E-state index in [0.717, 1.165) is 4.47 Å². The molecule has 3 nitrogen and oxygen atoms in total. The smallest absolute Gasteiger partial charge is 0.262 e. The summed E-state index contributed by atoms with van der Waals surface area (Å²) in [4.78, 5) is 4.21. The third kappa shape index (κ3) is 2.52. The molecule has 0 bridgehead atoms. The Bertz CT molecular complexity index is 1100. The van der Waals surface area contributed by atoms with Gasteiger partial charge >= 0.3 is 0 Å². The summed E-state index contributed by atoms with van der Waals surface area (Å²) in [5.74, 6) is -4.43. The van der Waals surface area contributed by atoms with E-state index in [4.69, 9.17) is 16.3 Å². The number of hydrogen-bond acceptors (Lipinski definition) is 3. The number of benzene rings is 2. The van der Waals surface area contributed by atoms with Gasteiger partial charge in [0.15, 0.2) is 11.2 Å². The molecule has 0 amide bonds. The lowest BCUT2D eigenvalue weighted by Crippen LogP contribution is -2.48. The van der Waals surface area contributed by atoms with E-state index in [-0.39, 0.29) is 11.4 Å². The van der Waals surface area contributed by atoms with Crippen LogP contribution in [-0.4, -0.2) is 16.0 Å². The quantitative estimate of drug-likeness (QED) is 0.506. The van der Waals surface area contributed by atoms with Crippen molar-refractivity contribution in [1.29, 1.82) is 0 Å². The molecule has 2 aromatic carbocycles. The Kier molecular flexibility index (Phi) is 4.08. The lowest BCUT2D eigenvalue weighted by atomic mass is 9.72. The average Bonchev–Trinajstić information content (AvgIpc) is 3.01. The molecule has 3 atom stereocenters. The number of aliphatic hydroxyl groups is 1. The largest absolute Gasteiger partial charge is 0.476 e. The summed E-state index contributed by atoms with van der Waals surface area (Å²) in [5.41, 5.74) is -2.86. The molecular formula is C22H15BrClF2NO2. The first-order chi connectivity index (χ1) is 13.8. The van der Waals surface area contributed by atoms with E-state index in [1.54, 1.807) is 54.6 Å². The van der Waals surface area contributed by atoms with Gasteiger partial charge in [0.2, 0.25) is 0 Å². The molecule has 0 radical (unpaired) electrons. The summed E-state index contributed by atoms with van der Waals surface area (Å²) in [6, 6.07) is 16.8. The Morgan fingerprint density at radius 1 is 1.10 bits per heavy atom. The molecule has 1 aromatic heterocycles. The Morgan fingerprint density at radius 3 is 2.48 bits per heavy atom. The fourth-order valence-corrected chi connectivity index (χ4v) is 5.19. The Hall–Kier alpha value is -2.02. The Labute approximate surface area is 179 Å². The van der Waals surface area contributed by atoms with Crippen LogP contribution in [0.3, 0.4) is 0 Å². The Balaban J connectivity index is 1.84. The second kappa shape index (κ2) is 6.24. The van der Waals surface area contributed by atoms with E-state index in [9.17, 15) is 5.11 Å². The van der Waals surface area contributed by atoms with Crippen molar-refractivity contribution >= 4 is 27.5 Å². The van der Waals surface area contributed by atoms with Gasteiger partial charge in [-0.15, -0.1) is 0 Å². The maximum Gasteiger partial charge on any atom is 0.262 e. The highest BCUT2D eigenvalue weighted by Gasteiger charge is 2.78. The standard InChI is InChI=1S/C22H15BrClF2NO2/c23-15-8-6-14(7-9-15)22-18(13-4-2-1-3-5-13)21(25,26)12-20(22,28)19-17(29-22)10-16(24)11-27-19/h1-11,18,28H,12H2/t18?,20?,22-/m0/s1. The maximum atomic E-state index is 15.5. The normalized spacial score (nSPS) is 29.2. The van der Waals surface area contributed by atoms with E-state index in [2.05, 4.69) is 20.9 Å². The molecule has 1 aliphatic heterocycles. The van der Waals surface area contributed by atoms with Crippen LogP contribution in [-0.2, 0) is 11.2 Å². The van der Waals surface area contributed by atoms with Gasteiger partial charge in [-0.25, -0.2) is 8.78 Å². The van der Waals surface area contributed by atoms with Crippen LogP contribution in [0.1, 0.15) is 29.2 Å². The van der Waals surface area contributed by atoms with Crippen LogP contribution in [0.5, 0.6) is 5.75 Å². The number of aromatic nitrogens is 1. The van der Waals surface area contributed by atoms with Crippen molar-refractivity contribution in [3.8, 4) is 5.75 Å². The minimum absolute atomic E-state index is 0.0860. The van der Waals surface area contributed by atoms with Gasteiger partial charge in [0, 0.05) is 16.7 Å². The molecule has 0 saturated heterocycles. The molecule has 148 valence electrons. The molecule has 29 heavy (non-hydrogen) atoms. The number of nitrogens with zero attached hydrogens (tertiary/aromatic N) is 1. The van der Waals surface area contributed by atoms with Gasteiger partial charge in [-0.2, -0.15) is 0 Å². The number of rotatable bonds is 2. The fraction of sp³-hybridized carbons (Fsp3) is 0.227. The Morgan fingerprint density at radius 2 is 1.79 bits per heavy atom. The molecular weight excluding hydrogens is 464 g/mol. The van der Waals surface area contributed by atoms with Crippen LogP contribution < -0.4 is 4.74 Å². The van der Waals surface area contributed by atoms with Gasteiger partial charge < -0.3 is 9.84 Å². The van der Waals surface area contributed by atoms with Crippen LogP contribution in [0.15, 0.2) is 71.3 Å². The molecule has 2 heterocycles. The highest BCUT2D eigenvalue weighted by molar-refractivity contribution is 9.10. The molecule has 5 rings (SSSR count). The van der Waals surface area contributed by atoms with Gasteiger partial charge in [0.05, 0.1) is 17.4 Å². The predicted molar refractivity (Wildman–Crippen MR) is 108 cm³/mol. The number of ether oxygens (including phenoxy) is 1. The molecule has 1 saturated carbocycles. The van der Waals surface area contributed by atoms with Crippen molar-refractivity contribution < 1.29 is 18.6 Å². The van der Waals surface area contributed by atoms with Crippen LogP contribution in [0.4, 0.5) is 8.78 Å². The highest BCUT2D eigenvalue weighted by Crippen LogP contribution is 2.70. The zero-order valence-corrected chi connectivity index (χ0v) is 17.3. The molecule has 0 spiro atoms. The lowest BCUT2D eigenvalue weighted by molar-refractivity contribution is -0.107. The summed E-state index contributed by atoms with van der Waals surface area (Å²) in [6.45, 7) is 0. The zero-order valence-electron chi connectivity index (χ0n) is 14.9. The van der Waals surface area contributed by atoms with Crippen LogP contribution in [0, 0.1) is 0 Å². The second-order valence-corrected chi connectivity index (χ2v) is 8.84. The van der Waals surface area contributed by atoms with E-state index in [1.807, 2.05) is 0 Å². The summed E-state index contributed by atoms with van der Waals surface area (Å²) in [7, 11) is 0. The van der Waals surface area contributed by atoms with Crippen LogP contribution in [0.25, 0.3) is 0 Å². The fourth-order valence-electron chi connectivity index (χ4n) is 4.78. The number of hydrogen-bond donors (Lipinski definition) is 1. The van der Waals surface area contributed by atoms with E-state index in [0.29, 0.717) is 16.1 Å². The molecule has 7 heteroatoms. The first-order valence-corrected chi connectivity index (χ1v) is 10.2. The third-order valence-electron chi connectivity index (χ3n) is 5.82. The lowest BCUT2D eigenvalue weighted by Gasteiger charge is -2.39. The van der Waals surface area contributed by atoms with Crippen molar-refractivity contribution in [2.75, 3.05) is 0 Å². The van der Waals surface area contributed by atoms with Crippen molar-refractivity contribution in [3.63, 3.8) is 0 Å². The van der Waals surface area contributed by atoms with E-state index in [1.165, 1.54) is 12.3 Å². The number of alkyl halides is 2. The number of fused-ring (bicyclic) bond motifs is 3. The molecule has 1 fully saturated rings. The minimum atomic E-state index is -3.23. The first kappa shape index (κ1) is 19.0. The number of halogens is 4.